The molecular weight excluding hydrogens is 648 g/mol. The maximum atomic E-state index is 6.79. The van der Waals surface area contributed by atoms with E-state index in [4.69, 9.17) is 40.6 Å². The summed E-state index contributed by atoms with van der Waals surface area (Å²) >= 11 is 6.79. The van der Waals surface area contributed by atoms with Gasteiger partial charge in [-0.1, -0.05) is 84.4 Å². The van der Waals surface area contributed by atoms with Crippen LogP contribution in [0.4, 0.5) is 0 Å². The van der Waals surface area contributed by atoms with Crippen LogP contribution in [0.5, 0.6) is 23.0 Å². The standard InChI is InChI=1S/C41H37ClN4O4/c1-47-30-15-10-14-29(20-30)25-46-41-39(33-21-37(48-2)38(49-3)22-34(33)40(44-41)32-17-7-8-18-35(32)42)36(45-46)24-43-23-28-13-9-16-31(19-28)50-26-27-11-5-4-6-12-27/h4-22,43H,23-26H2,1-3H3. The van der Waals surface area contributed by atoms with Crippen LogP contribution in [0.3, 0.4) is 0 Å². The SMILES string of the molecule is COc1cccc(Cn2nc(CNCc3cccc(OCc4ccccc4)c3)c3c4cc(OC)c(OC)cc4c(-c4ccccc4Cl)nc32)c1. The highest BCUT2D eigenvalue weighted by molar-refractivity contribution is 6.33. The third-order valence-corrected chi connectivity index (χ3v) is 8.96. The fourth-order valence-corrected chi connectivity index (χ4v) is 6.41. The third-order valence-electron chi connectivity index (χ3n) is 8.63. The van der Waals surface area contributed by atoms with Crippen molar-refractivity contribution in [2.45, 2.75) is 26.2 Å². The first-order valence-electron chi connectivity index (χ1n) is 16.3. The van der Waals surface area contributed by atoms with E-state index >= 15 is 0 Å². The van der Waals surface area contributed by atoms with Crippen molar-refractivity contribution in [3.63, 3.8) is 0 Å². The minimum Gasteiger partial charge on any atom is -0.497 e. The molecule has 0 aliphatic rings. The molecule has 0 amide bonds. The van der Waals surface area contributed by atoms with Gasteiger partial charge >= 0.3 is 0 Å². The van der Waals surface area contributed by atoms with Gasteiger partial charge in [0.2, 0.25) is 0 Å². The number of aromatic nitrogens is 3. The first kappa shape index (κ1) is 33.0. The van der Waals surface area contributed by atoms with Crippen LogP contribution in [0, 0.1) is 0 Å². The molecule has 0 bridgehead atoms. The predicted octanol–water partition coefficient (Wildman–Crippen LogP) is 8.85. The van der Waals surface area contributed by atoms with E-state index in [2.05, 4.69) is 35.6 Å². The van der Waals surface area contributed by atoms with Crippen LogP contribution >= 0.6 is 11.6 Å². The molecule has 50 heavy (non-hydrogen) atoms. The van der Waals surface area contributed by atoms with Gasteiger partial charge in [0.1, 0.15) is 18.1 Å². The Kier molecular flexibility index (Phi) is 9.82. The molecule has 5 aromatic carbocycles. The molecule has 0 aliphatic heterocycles. The molecule has 9 heteroatoms. The Morgan fingerprint density at radius 1 is 0.660 bits per heavy atom. The van der Waals surface area contributed by atoms with Gasteiger partial charge < -0.3 is 24.3 Å². The van der Waals surface area contributed by atoms with Gasteiger partial charge in [0.05, 0.1) is 44.6 Å². The van der Waals surface area contributed by atoms with Crippen molar-refractivity contribution in [3.05, 3.63) is 143 Å². The molecule has 2 heterocycles. The first-order valence-corrected chi connectivity index (χ1v) is 16.7. The van der Waals surface area contributed by atoms with Gasteiger partial charge in [-0.3, -0.25) is 0 Å². The molecule has 1 N–H and O–H groups in total. The maximum Gasteiger partial charge on any atom is 0.161 e. The molecular formula is C41H37ClN4O4. The fourth-order valence-electron chi connectivity index (χ4n) is 6.19. The number of nitrogens with zero attached hydrogens (tertiary/aromatic N) is 3. The number of benzene rings is 5. The summed E-state index contributed by atoms with van der Waals surface area (Å²) in [6, 6.07) is 38.0. The van der Waals surface area contributed by atoms with E-state index in [0.29, 0.717) is 42.8 Å². The summed E-state index contributed by atoms with van der Waals surface area (Å²) < 4.78 is 25.1. The Hall–Kier alpha value is -5.57. The summed E-state index contributed by atoms with van der Waals surface area (Å²) in [5, 5.41) is 12.1. The van der Waals surface area contributed by atoms with Crippen LogP contribution in [0.2, 0.25) is 5.02 Å². The highest BCUT2D eigenvalue weighted by atomic mass is 35.5. The Bertz CT molecular complexity index is 2270. The van der Waals surface area contributed by atoms with Crippen LogP contribution in [0.1, 0.15) is 22.4 Å². The fraction of sp³-hybridized carbons (Fsp3) is 0.171. The van der Waals surface area contributed by atoms with E-state index in [9.17, 15) is 0 Å². The topological polar surface area (TPSA) is 79.7 Å². The number of halogens is 1. The molecule has 0 saturated carbocycles. The zero-order valence-electron chi connectivity index (χ0n) is 28.2. The molecule has 7 rings (SSSR count). The van der Waals surface area contributed by atoms with Crippen molar-refractivity contribution >= 4 is 33.4 Å². The van der Waals surface area contributed by atoms with Crippen LogP contribution in [0.15, 0.2) is 115 Å². The van der Waals surface area contributed by atoms with Crippen molar-refractivity contribution in [2.75, 3.05) is 21.3 Å². The van der Waals surface area contributed by atoms with Crippen LogP contribution in [0.25, 0.3) is 33.1 Å². The Balaban J connectivity index is 1.29. The zero-order valence-corrected chi connectivity index (χ0v) is 28.9. The lowest BCUT2D eigenvalue weighted by molar-refractivity contribution is 0.306. The molecule has 7 aromatic rings. The number of methoxy groups -OCH3 is 3. The summed E-state index contributed by atoms with van der Waals surface area (Å²) in [6.07, 6.45) is 0. The molecule has 8 nitrogen and oxygen atoms in total. The second-order valence-corrected chi connectivity index (χ2v) is 12.3. The third kappa shape index (κ3) is 6.94. The number of fused-ring (bicyclic) bond motifs is 3. The lowest BCUT2D eigenvalue weighted by atomic mass is 10.00. The van der Waals surface area contributed by atoms with E-state index in [1.165, 1.54) is 0 Å². The van der Waals surface area contributed by atoms with E-state index < -0.39 is 0 Å². The summed E-state index contributed by atoms with van der Waals surface area (Å²) in [4.78, 5) is 5.29. The summed E-state index contributed by atoms with van der Waals surface area (Å²) in [7, 11) is 4.94. The van der Waals surface area contributed by atoms with E-state index in [0.717, 1.165) is 66.9 Å². The largest absolute Gasteiger partial charge is 0.497 e. The zero-order chi connectivity index (χ0) is 34.5. The van der Waals surface area contributed by atoms with E-state index in [1.54, 1.807) is 21.3 Å². The van der Waals surface area contributed by atoms with Gasteiger partial charge in [0, 0.05) is 34.4 Å². The molecule has 0 unspecified atom stereocenters. The highest BCUT2D eigenvalue weighted by Gasteiger charge is 2.22. The second kappa shape index (κ2) is 14.9. The number of rotatable bonds is 13. The van der Waals surface area contributed by atoms with Crippen molar-refractivity contribution in [1.82, 2.24) is 20.1 Å². The first-order chi connectivity index (χ1) is 24.5. The van der Waals surface area contributed by atoms with E-state index in [-0.39, 0.29) is 0 Å². The Morgan fingerprint density at radius 2 is 1.34 bits per heavy atom. The van der Waals surface area contributed by atoms with Gasteiger partial charge in [-0.2, -0.15) is 5.10 Å². The lowest BCUT2D eigenvalue weighted by Crippen LogP contribution is -2.14. The average Bonchev–Trinajstić information content (AvgIpc) is 3.50. The van der Waals surface area contributed by atoms with E-state index in [1.807, 2.05) is 89.6 Å². The minimum atomic E-state index is 0.488. The van der Waals surface area contributed by atoms with Crippen LogP contribution < -0.4 is 24.3 Å². The van der Waals surface area contributed by atoms with Crippen molar-refractivity contribution < 1.29 is 18.9 Å². The number of ether oxygens (including phenoxy) is 4. The molecule has 0 fully saturated rings. The van der Waals surface area contributed by atoms with Crippen LogP contribution in [-0.2, 0) is 26.2 Å². The average molecular weight is 685 g/mol. The second-order valence-electron chi connectivity index (χ2n) is 11.9. The smallest absolute Gasteiger partial charge is 0.161 e. The summed E-state index contributed by atoms with van der Waals surface area (Å²) in [6.45, 7) is 2.11. The number of hydrogen-bond donors (Lipinski definition) is 1. The Labute approximate surface area is 296 Å². The normalized spacial score (nSPS) is 11.2. The van der Waals surface area contributed by atoms with Gasteiger partial charge in [-0.25, -0.2) is 9.67 Å². The summed E-state index contributed by atoms with van der Waals surface area (Å²) in [5.74, 6) is 2.82. The Morgan fingerprint density at radius 3 is 2.10 bits per heavy atom. The molecule has 0 spiro atoms. The number of nitrogens with one attached hydrogen (secondary N) is 1. The van der Waals surface area contributed by atoms with Gasteiger partial charge in [-0.15, -0.1) is 0 Å². The highest BCUT2D eigenvalue weighted by Crippen LogP contribution is 2.42. The molecule has 2 aromatic heterocycles. The minimum absolute atomic E-state index is 0.488. The van der Waals surface area contributed by atoms with Gasteiger partial charge in [0.25, 0.3) is 0 Å². The van der Waals surface area contributed by atoms with Crippen LogP contribution in [-0.4, -0.2) is 36.1 Å². The molecule has 0 radical (unpaired) electrons. The molecule has 0 aliphatic carbocycles. The van der Waals surface area contributed by atoms with Crippen molar-refractivity contribution in [2.24, 2.45) is 0 Å². The quantitative estimate of drug-likeness (QED) is 0.130. The maximum absolute atomic E-state index is 6.79. The number of hydrogen-bond acceptors (Lipinski definition) is 7. The van der Waals surface area contributed by atoms with Crippen molar-refractivity contribution in [3.8, 4) is 34.3 Å². The molecule has 0 atom stereocenters. The lowest BCUT2D eigenvalue weighted by Gasteiger charge is -2.14. The van der Waals surface area contributed by atoms with Gasteiger partial charge in [0.15, 0.2) is 17.1 Å². The molecule has 0 saturated heterocycles. The monoisotopic (exact) mass is 684 g/mol. The molecule has 252 valence electrons. The predicted molar refractivity (Wildman–Crippen MR) is 198 cm³/mol. The van der Waals surface area contributed by atoms with Crippen molar-refractivity contribution in [1.29, 1.82) is 0 Å². The number of pyridine rings is 1. The summed E-state index contributed by atoms with van der Waals surface area (Å²) in [5.41, 5.74) is 6.40. The van der Waals surface area contributed by atoms with Gasteiger partial charge in [-0.05, 0) is 59.2 Å².